The van der Waals surface area contributed by atoms with E-state index in [-0.39, 0.29) is 11.7 Å². The minimum Gasteiger partial charge on any atom is -0.494 e. The summed E-state index contributed by atoms with van der Waals surface area (Å²) in [5.74, 6) is 0.689. The van der Waals surface area contributed by atoms with E-state index in [1.165, 1.54) is 23.1 Å². The maximum absolute atomic E-state index is 12.3. The summed E-state index contributed by atoms with van der Waals surface area (Å²) in [6.45, 7) is 1.87. The number of hydrazone groups is 1. The van der Waals surface area contributed by atoms with Crippen molar-refractivity contribution in [2.24, 2.45) is 10.1 Å². The van der Waals surface area contributed by atoms with Crippen molar-refractivity contribution in [3.8, 4) is 6.07 Å². The number of aliphatic imine (C=N–C) groups is 1. The van der Waals surface area contributed by atoms with E-state index < -0.39 is 0 Å². The van der Waals surface area contributed by atoms with E-state index in [0.717, 1.165) is 40.4 Å². The third kappa shape index (κ3) is 3.24. The molecule has 0 saturated carbocycles. The number of amidine groups is 1. The van der Waals surface area contributed by atoms with Crippen LogP contribution in [0.1, 0.15) is 40.6 Å². The number of nitrogens with zero attached hydrogens (tertiary/aromatic N) is 4. The molecule has 1 aromatic carbocycles. The lowest BCUT2D eigenvalue weighted by Crippen LogP contribution is -2.23. The quantitative estimate of drug-likeness (QED) is 0.674. The van der Waals surface area contributed by atoms with E-state index in [2.05, 4.69) is 16.6 Å². The van der Waals surface area contributed by atoms with Gasteiger partial charge in [-0.25, -0.2) is 4.99 Å². The maximum Gasteiger partial charge on any atom is 0.203 e. The van der Waals surface area contributed by atoms with Gasteiger partial charge in [-0.3, -0.25) is 15.1 Å². The SMILES string of the molecule is CC1=NNC(=N\c2sc3c(c2C#N)CCCC3=O)/C1=C1/SC=C(O)N1c1ccccc1. The van der Waals surface area contributed by atoms with Crippen molar-refractivity contribution in [2.45, 2.75) is 26.2 Å². The first-order valence-corrected chi connectivity index (χ1v) is 11.4. The number of carbonyl (C=O) groups excluding carboxylic acids is 1. The van der Waals surface area contributed by atoms with Crippen LogP contribution in [0.4, 0.5) is 10.7 Å². The zero-order valence-corrected chi connectivity index (χ0v) is 18.2. The molecule has 0 bridgehead atoms. The fourth-order valence-corrected chi connectivity index (χ4v) is 5.96. The van der Waals surface area contributed by atoms with E-state index in [1.54, 1.807) is 10.3 Å². The van der Waals surface area contributed by atoms with Crippen LogP contribution in [-0.2, 0) is 6.42 Å². The van der Waals surface area contributed by atoms with Crippen molar-refractivity contribution >= 4 is 51.1 Å². The number of hydrogen-bond donors (Lipinski definition) is 2. The topological polar surface area (TPSA) is 101 Å². The highest BCUT2D eigenvalue weighted by Crippen LogP contribution is 2.42. The van der Waals surface area contributed by atoms with Gasteiger partial charge in [-0.1, -0.05) is 30.0 Å². The number of nitriles is 1. The van der Waals surface area contributed by atoms with Crippen LogP contribution < -0.4 is 10.3 Å². The van der Waals surface area contributed by atoms with Crippen LogP contribution in [0.5, 0.6) is 0 Å². The van der Waals surface area contributed by atoms with E-state index in [0.29, 0.717) is 27.7 Å². The molecule has 1 aromatic heterocycles. The zero-order chi connectivity index (χ0) is 21.5. The number of rotatable bonds is 2. The zero-order valence-electron chi connectivity index (χ0n) is 16.5. The molecular weight excluding hydrogens is 430 g/mol. The molecule has 0 amide bonds. The molecular formula is C22H17N5O2S2. The van der Waals surface area contributed by atoms with Crippen LogP contribution in [-0.4, -0.2) is 22.4 Å². The number of thioether (sulfide) groups is 1. The summed E-state index contributed by atoms with van der Waals surface area (Å²) in [5.41, 5.74) is 6.53. The number of aliphatic hydroxyl groups is 1. The first-order valence-electron chi connectivity index (χ1n) is 9.72. The molecule has 3 heterocycles. The normalized spacial score (nSPS) is 21.6. The molecule has 0 atom stereocenters. The standard InChI is InChI=1S/C22H17N5O2S2/c1-12-18(22-27(17(29)11-30-22)13-6-3-2-4-7-13)20(26-25-12)24-21-15(10-23)14-8-5-9-16(28)19(14)31-21/h2-4,6-7,11,29H,5,8-9H2,1H3,(H,24,26)/b22-18+. The largest absolute Gasteiger partial charge is 0.494 e. The fourth-order valence-electron chi connectivity index (χ4n) is 3.82. The maximum atomic E-state index is 12.3. The molecule has 0 fully saturated rings. The third-order valence-electron chi connectivity index (χ3n) is 5.26. The first-order chi connectivity index (χ1) is 15.1. The molecule has 2 aromatic rings. The van der Waals surface area contributed by atoms with Crippen LogP contribution in [0, 0.1) is 11.3 Å². The summed E-state index contributed by atoms with van der Waals surface area (Å²) in [6.07, 6.45) is 1.99. The molecule has 0 unspecified atom stereocenters. The van der Waals surface area contributed by atoms with Crippen LogP contribution in [0.25, 0.3) is 0 Å². The number of Topliss-reactive ketones (excluding diaryl/α,β-unsaturated/α-hetero) is 1. The van der Waals surface area contributed by atoms with Gasteiger partial charge in [0.15, 0.2) is 11.6 Å². The second kappa shape index (κ2) is 7.72. The number of carbonyl (C=O) groups is 1. The predicted molar refractivity (Wildman–Crippen MR) is 124 cm³/mol. The van der Waals surface area contributed by atoms with Gasteiger partial charge < -0.3 is 5.11 Å². The average Bonchev–Trinajstić information content (AvgIpc) is 3.44. The van der Waals surface area contributed by atoms with Crippen molar-refractivity contribution in [3.05, 3.63) is 68.2 Å². The van der Waals surface area contributed by atoms with Crippen LogP contribution in [0.15, 0.2) is 62.3 Å². The van der Waals surface area contributed by atoms with Gasteiger partial charge in [0.05, 0.1) is 26.8 Å². The van der Waals surface area contributed by atoms with Crippen molar-refractivity contribution in [2.75, 3.05) is 4.90 Å². The highest BCUT2D eigenvalue weighted by atomic mass is 32.2. The van der Waals surface area contributed by atoms with Crippen molar-refractivity contribution in [1.29, 1.82) is 5.26 Å². The van der Waals surface area contributed by atoms with Crippen molar-refractivity contribution in [3.63, 3.8) is 0 Å². The number of thiophene rings is 1. The van der Waals surface area contributed by atoms with E-state index in [9.17, 15) is 15.2 Å². The van der Waals surface area contributed by atoms with Crippen molar-refractivity contribution < 1.29 is 9.90 Å². The minimum atomic E-state index is 0.0790. The van der Waals surface area contributed by atoms with Gasteiger partial charge in [-0.2, -0.15) is 10.4 Å². The number of aliphatic hydroxyl groups excluding tert-OH is 1. The number of benzene rings is 1. The number of hydrogen-bond acceptors (Lipinski definition) is 8. The number of fused-ring (bicyclic) bond motifs is 1. The van der Waals surface area contributed by atoms with Gasteiger partial charge in [0.25, 0.3) is 0 Å². The Morgan fingerprint density at radius 1 is 1.29 bits per heavy atom. The van der Waals surface area contributed by atoms with E-state index >= 15 is 0 Å². The van der Waals surface area contributed by atoms with Gasteiger partial charge in [0.1, 0.15) is 11.1 Å². The number of anilines is 1. The van der Waals surface area contributed by atoms with Crippen LogP contribution in [0.2, 0.25) is 0 Å². The summed E-state index contributed by atoms with van der Waals surface area (Å²) in [4.78, 5) is 19.4. The lowest BCUT2D eigenvalue weighted by Gasteiger charge is -2.21. The molecule has 1 aliphatic carbocycles. The summed E-state index contributed by atoms with van der Waals surface area (Å²) in [5, 5.41) is 27.5. The lowest BCUT2D eigenvalue weighted by molar-refractivity contribution is 0.0977. The average molecular weight is 448 g/mol. The Hall–Kier alpha value is -3.35. The first kappa shape index (κ1) is 19.6. The Morgan fingerprint density at radius 2 is 2.10 bits per heavy atom. The fraction of sp³-hybridized carbons (Fsp3) is 0.182. The Balaban J connectivity index is 1.63. The molecule has 9 heteroatoms. The Morgan fingerprint density at radius 3 is 2.87 bits per heavy atom. The van der Waals surface area contributed by atoms with E-state index in [1.807, 2.05) is 37.3 Å². The molecule has 0 saturated heterocycles. The molecule has 5 rings (SSSR count). The molecule has 2 aliphatic heterocycles. The highest BCUT2D eigenvalue weighted by molar-refractivity contribution is 8.06. The third-order valence-corrected chi connectivity index (χ3v) is 7.37. The predicted octanol–water partition coefficient (Wildman–Crippen LogP) is 4.97. The Labute approximate surface area is 187 Å². The van der Waals surface area contributed by atoms with Gasteiger partial charge >= 0.3 is 0 Å². The molecule has 0 radical (unpaired) electrons. The molecule has 31 heavy (non-hydrogen) atoms. The van der Waals surface area contributed by atoms with Gasteiger partial charge in [-0.15, -0.1) is 11.3 Å². The minimum absolute atomic E-state index is 0.0790. The Bertz CT molecular complexity index is 1260. The van der Waals surface area contributed by atoms with Gasteiger partial charge in [-0.05, 0) is 37.5 Å². The van der Waals surface area contributed by atoms with Crippen molar-refractivity contribution in [1.82, 2.24) is 5.43 Å². The number of nitrogens with one attached hydrogen (secondary N) is 1. The monoisotopic (exact) mass is 447 g/mol. The summed E-state index contributed by atoms with van der Waals surface area (Å²) >= 11 is 2.65. The molecule has 7 nitrogen and oxygen atoms in total. The van der Waals surface area contributed by atoms with Crippen LogP contribution >= 0.6 is 23.1 Å². The van der Waals surface area contributed by atoms with E-state index in [4.69, 9.17) is 4.99 Å². The summed E-state index contributed by atoms with van der Waals surface area (Å²) in [7, 11) is 0. The number of ketones is 1. The Kier molecular flexibility index (Phi) is 4.88. The molecule has 0 spiro atoms. The molecule has 3 aliphatic rings. The van der Waals surface area contributed by atoms with Crippen LogP contribution in [0.3, 0.4) is 0 Å². The number of para-hydroxylation sites is 1. The van der Waals surface area contributed by atoms with Gasteiger partial charge in [0, 0.05) is 17.5 Å². The highest BCUT2D eigenvalue weighted by Gasteiger charge is 2.32. The molecule has 2 N–H and O–H groups in total. The second-order valence-corrected chi connectivity index (χ2v) is 9.05. The summed E-state index contributed by atoms with van der Waals surface area (Å²) < 4.78 is 0. The second-order valence-electron chi connectivity index (χ2n) is 7.19. The molecule has 154 valence electrons. The summed E-state index contributed by atoms with van der Waals surface area (Å²) in [6, 6.07) is 11.8. The van der Waals surface area contributed by atoms with Gasteiger partial charge in [0.2, 0.25) is 5.88 Å². The smallest absolute Gasteiger partial charge is 0.203 e. The lowest BCUT2D eigenvalue weighted by atomic mass is 9.95.